The van der Waals surface area contributed by atoms with E-state index in [1.54, 1.807) is 12.3 Å². The molecular weight excluding hydrogens is 288 g/mol. The molecular formula is C14H18N4O2S. The van der Waals surface area contributed by atoms with Crippen LogP contribution in [0.5, 0.6) is 0 Å². The lowest BCUT2D eigenvalue weighted by molar-refractivity contribution is 0.0939. The van der Waals surface area contributed by atoms with Gasteiger partial charge < -0.3 is 10.7 Å². The van der Waals surface area contributed by atoms with Gasteiger partial charge in [0.2, 0.25) is 0 Å². The standard InChI is InChI=1S/C14H18N4O2S/c1-9(8-21(2)20)16-14(19)12-7-10-5-3-4-6-11(10)13(17-12)18-15/h3-7,9H,8,15H2,1-2H3,(H,16,19)(H,17,18). The maximum atomic E-state index is 12.2. The van der Waals surface area contributed by atoms with Gasteiger partial charge in [-0.15, -0.1) is 0 Å². The Hall–Kier alpha value is -1.99. The summed E-state index contributed by atoms with van der Waals surface area (Å²) < 4.78 is 11.2. The molecule has 0 aliphatic rings. The number of rotatable bonds is 5. The van der Waals surface area contributed by atoms with Crippen molar-refractivity contribution < 1.29 is 9.00 Å². The van der Waals surface area contributed by atoms with Crippen LogP contribution in [0, 0.1) is 0 Å². The predicted octanol–water partition coefficient (Wildman–Crippen LogP) is 1.02. The Labute approximate surface area is 125 Å². The first-order valence-electron chi connectivity index (χ1n) is 6.48. The van der Waals surface area contributed by atoms with E-state index in [-0.39, 0.29) is 17.6 Å². The molecule has 0 spiro atoms. The minimum atomic E-state index is -0.964. The number of pyridine rings is 1. The summed E-state index contributed by atoms with van der Waals surface area (Å²) in [6.45, 7) is 1.81. The Bertz CT molecular complexity index is 690. The van der Waals surface area contributed by atoms with Crippen molar-refractivity contribution in [3.63, 3.8) is 0 Å². The number of benzene rings is 1. The Balaban J connectivity index is 2.29. The van der Waals surface area contributed by atoms with Crippen LogP contribution in [0.4, 0.5) is 5.82 Å². The fourth-order valence-corrected chi connectivity index (χ4v) is 2.90. The Morgan fingerprint density at radius 2 is 2.14 bits per heavy atom. The monoisotopic (exact) mass is 306 g/mol. The number of hydrogen-bond donors (Lipinski definition) is 3. The largest absolute Gasteiger partial charge is 0.347 e. The zero-order valence-corrected chi connectivity index (χ0v) is 12.7. The number of hydrazine groups is 1. The van der Waals surface area contributed by atoms with Gasteiger partial charge in [0.05, 0.1) is 0 Å². The summed E-state index contributed by atoms with van der Waals surface area (Å²) in [6, 6.07) is 9.05. The minimum absolute atomic E-state index is 0.189. The van der Waals surface area contributed by atoms with Gasteiger partial charge in [0.25, 0.3) is 5.91 Å². The van der Waals surface area contributed by atoms with Crippen LogP contribution in [0.2, 0.25) is 0 Å². The molecule has 6 nitrogen and oxygen atoms in total. The number of hydrogen-bond acceptors (Lipinski definition) is 5. The van der Waals surface area contributed by atoms with Crippen LogP contribution in [0.15, 0.2) is 30.3 Å². The van der Waals surface area contributed by atoms with Crippen LogP contribution in [-0.2, 0) is 10.8 Å². The number of nitrogen functional groups attached to an aromatic ring is 1. The number of aromatic nitrogens is 1. The highest BCUT2D eigenvalue weighted by Crippen LogP contribution is 2.21. The second kappa shape index (κ2) is 6.64. The first kappa shape index (κ1) is 15.4. The van der Waals surface area contributed by atoms with E-state index in [2.05, 4.69) is 15.7 Å². The summed E-state index contributed by atoms with van der Waals surface area (Å²) >= 11 is 0. The van der Waals surface area contributed by atoms with Crippen molar-refractivity contribution in [2.45, 2.75) is 13.0 Å². The van der Waals surface area contributed by atoms with Gasteiger partial charge in [0, 0.05) is 34.2 Å². The molecule has 2 atom stereocenters. The summed E-state index contributed by atoms with van der Waals surface area (Å²) in [7, 11) is -0.964. The highest BCUT2D eigenvalue weighted by molar-refractivity contribution is 7.84. The third kappa shape index (κ3) is 3.77. The molecule has 0 bridgehead atoms. The number of carbonyl (C=O) groups is 1. The molecule has 1 aromatic heterocycles. The summed E-state index contributed by atoms with van der Waals surface area (Å²) in [5.41, 5.74) is 2.78. The number of nitrogens with zero attached hydrogens (tertiary/aromatic N) is 1. The molecule has 2 aromatic rings. The van der Waals surface area contributed by atoms with Crippen LogP contribution in [0.25, 0.3) is 10.8 Å². The van der Waals surface area contributed by atoms with Crippen molar-refractivity contribution in [3.8, 4) is 0 Å². The molecule has 7 heteroatoms. The minimum Gasteiger partial charge on any atom is -0.347 e. The molecule has 2 unspecified atom stereocenters. The molecule has 21 heavy (non-hydrogen) atoms. The molecule has 1 heterocycles. The first-order chi connectivity index (χ1) is 10.0. The van der Waals surface area contributed by atoms with E-state index in [4.69, 9.17) is 5.84 Å². The van der Waals surface area contributed by atoms with Crippen LogP contribution in [-0.4, -0.2) is 33.2 Å². The molecule has 0 fully saturated rings. The lowest BCUT2D eigenvalue weighted by Gasteiger charge is -2.13. The highest BCUT2D eigenvalue weighted by Gasteiger charge is 2.14. The molecule has 0 radical (unpaired) electrons. The van der Waals surface area contributed by atoms with Gasteiger partial charge >= 0.3 is 0 Å². The van der Waals surface area contributed by atoms with Crippen LogP contribution >= 0.6 is 0 Å². The van der Waals surface area contributed by atoms with E-state index in [1.807, 2.05) is 31.2 Å². The Morgan fingerprint density at radius 3 is 2.81 bits per heavy atom. The van der Waals surface area contributed by atoms with Crippen LogP contribution < -0.4 is 16.6 Å². The van der Waals surface area contributed by atoms with Gasteiger partial charge in [-0.05, 0) is 18.4 Å². The van der Waals surface area contributed by atoms with Gasteiger partial charge in [0.1, 0.15) is 11.5 Å². The molecule has 0 saturated carbocycles. The molecule has 0 saturated heterocycles. The quantitative estimate of drug-likeness (QED) is 0.566. The maximum absolute atomic E-state index is 12.2. The van der Waals surface area contributed by atoms with Gasteiger partial charge in [-0.25, -0.2) is 10.8 Å². The lowest BCUT2D eigenvalue weighted by atomic mass is 10.1. The fraction of sp³-hybridized carbons (Fsp3) is 0.286. The smallest absolute Gasteiger partial charge is 0.270 e. The second-order valence-electron chi connectivity index (χ2n) is 4.84. The number of fused-ring (bicyclic) bond motifs is 1. The summed E-state index contributed by atoms with van der Waals surface area (Å²) in [4.78, 5) is 16.4. The molecule has 1 aromatic carbocycles. The van der Waals surface area contributed by atoms with E-state index in [9.17, 15) is 9.00 Å². The number of nitrogens with one attached hydrogen (secondary N) is 2. The summed E-state index contributed by atoms with van der Waals surface area (Å²) in [5.74, 6) is 6.01. The third-order valence-electron chi connectivity index (χ3n) is 2.97. The molecule has 0 aliphatic carbocycles. The number of amides is 1. The van der Waals surface area contributed by atoms with Crippen molar-refractivity contribution in [1.29, 1.82) is 0 Å². The Morgan fingerprint density at radius 1 is 1.43 bits per heavy atom. The van der Waals surface area contributed by atoms with Gasteiger partial charge in [-0.1, -0.05) is 24.3 Å². The van der Waals surface area contributed by atoms with Gasteiger partial charge in [-0.2, -0.15) is 0 Å². The van der Waals surface area contributed by atoms with E-state index < -0.39 is 10.8 Å². The van der Waals surface area contributed by atoms with Crippen molar-refractivity contribution in [3.05, 3.63) is 36.0 Å². The average molecular weight is 306 g/mol. The normalized spacial score (nSPS) is 13.7. The fourth-order valence-electron chi connectivity index (χ4n) is 2.12. The molecule has 112 valence electrons. The maximum Gasteiger partial charge on any atom is 0.270 e. The lowest BCUT2D eigenvalue weighted by Crippen LogP contribution is -2.36. The number of carbonyl (C=O) groups excluding carboxylic acids is 1. The van der Waals surface area contributed by atoms with E-state index >= 15 is 0 Å². The summed E-state index contributed by atoms with van der Waals surface area (Å²) in [6.07, 6.45) is 1.60. The van der Waals surface area contributed by atoms with Crippen LogP contribution in [0.3, 0.4) is 0 Å². The van der Waals surface area contributed by atoms with Crippen molar-refractivity contribution in [1.82, 2.24) is 10.3 Å². The number of nitrogens with two attached hydrogens (primary N) is 1. The van der Waals surface area contributed by atoms with E-state index in [0.29, 0.717) is 11.6 Å². The molecule has 4 N–H and O–H groups in total. The van der Waals surface area contributed by atoms with Crippen molar-refractivity contribution in [2.24, 2.45) is 5.84 Å². The summed E-state index contributed by atoms with van der Waals surface area (Å²) in [5, 5.41) is 4.50. The Kier molecular flexibility index (Phi) is 4.87. The average Bonchev–Trinajstić information content (AvgIpc) is 2.44. The topological polar surface area (TPSA) is 97.1 Å². The zero-order chi connectivity index (χ0) is 15.4. The van der Waals surface area contributed by atoms with Crippen molar-refractivity contribution in [2.75, 3.05) is 17.4 Å². The van der Waals surface area contributed by atoms with Gasteiger partial charge in [-0.3, -0.25) is 9.00 Å². The van der Waals surface area contributed by atoms with Crippen LogP contribution in [0.1, 0.15) is 17.4 Å². The van der Waals surface area contributed by atoms with Gasteiger partial charge in [0.15, 0.2) is 0 Å². The SMILES string of the molecule is CC(CS(C)=O)NC(=O)c1cc2ccccc2c(NN)n1. The number of anilines is 1. The highest BCUT2D eigenvalue weighted by atomic mass is 32.2. The van der Waals surface area contributed by atoms with E-state index in [1.165, 1.54) is 0 Å². The van der Waals surface area contributed by atoms with Crippen molar-refractivity contribution >= 4 is 33.3 Å². The second-order valence-corrected chi connectivity index (χ2v) is 6.32. The van der Waals surface area contributed by atoms with E-state index in [0.717, 1.165) is 10.8 Å². The predicted molar refractivity (Wildman–Crippen MR) is 85.4 cm³/mol. The first-order valence-corrected chi connectivity index (χ1v) is 8.21. The zero-order valence-electron chi connectivity index (χ0n) is 11.9. The molecule has 1 amide bonds. The molecule has 2 rings (SSSR count). The third-order valence-corrected chi connectivity index (χ3v) is 3.94. The molecule has 0 aliphatic heterocycles.